The van der Waals surface area contributed by atoms with E-state index < -0.39 is 17.6 Å². The first-order valence-corrected chi connectivity index (χ1v) is 9.01. The number of amides is 1. The van der Waals surface area contributed by atoms with Gasteiger partial charge in [0.2, 0.25) is 0 Å². The molecule has 1 aromatic carbocycles. The van der Waals surface area contributed by atoms with Crippen LogP contribution in [0.3, 0.4) is 0 Å². The Morgan fingerprint density at radius 2 is 1.93 bits per heavy atom. The Bertz CT molecular complexity index is 1090. The topological polar surface area (TPSA) is 54.9 Å². The number of aromatic nitrogens is 2. The van der Waals surface area contributed by atoms with Gasteiger partial charge in [0.05, 0.1) is 23.3 Å². The maximum absolute atomic E-state index is 13.7. The van der Waals surface area contributed by atoms with Gasteiger partial charge in [0.1, 0.15) is 5.69 Å². The third-order valence-corrected chi connectivity index (χ3v) is 4.29. The van der Waals surface area contributed by atoms with Gasteiger partial charge in [-0.3, -0.25) is 9.78 Å². The smallest absolute Gasteiger partial charge is 0.345 e. The maximum Gasteiger partial charge on any atom is 0.418 e. The Labute approximate surface area is 166 Å². The molecule has 0 saturated heterocycles. The van der Waals surface area contributed by atoms with Gasteiger partial charge in [0, 0.05) is 11.6 Å². The van der Waals surface area contributed by atoms with Crippen molar-refractivity contribution in [1.82, 2.24) is 15.3 Å². The fourth-order valence-corrected chi connectivity index (χ4v) is 3.03. The van der Waals surface area contributed by atoms with Crippen molar-refractivity contribution >= 4 is 22.9 Å². The molecule has 0 aliphatic heterocycles. The first-order chi connectivity index (χ1) is 13.6. The highest BCUT2D eigenvalue weighted by Gasteiger charge is 2.34. The van der Waals surface area contributed by atoms with Gasteiger partial charge in [-0.2, -0.15) is 13.2 Å². The van der Waals surface area contributed by atoms with Crippen molar-refractivity contribution < 1.29 is 18.0 Å². The van der Waals surface area contributed by atoms with E-state index in [2.05, 4.69) is 15.3 Å². The number of carbonyl (C=O) groups is 1. The number of halogens is 3. The summed E-state index contributed by atoms with van der Waals surface area (Å²) in [5.41, 5.74) is 1.37. The number of pyridine rings is 2. The molecule has 2 aromatic heterocycles. The summed E-state index contributed by atoms with van der Waals surface area (Å²) < 4.78 is 41.1. The summed E-state index contributed by atoms with van der Waals surface area (Å²) in [6.45, 7) is 5.46. The zero-order valence-corrected chi connectivity index (χ0v) is 16.3. The van der Waals surface area contributed by atoms with Crippen molar-refractivity contribution in [2.24, 2.45) is 0 Å². The van der Waals surface area contributed by atoms with Crippen LogP contribution in [0.15, 0.2) is 48.2 Å². The molecule has 1 N–H and O–H groups in total. The molecule has 29 heavy (non-hydrogen) atoms. The molecule has 0 aliphatic rings. The summed E-state index contributed by atoms with van der Waals surface area (Å²) in [5.74, 6) is -0.554. The zero-order chi connectivity index (χ0) is 21.2. The SMILES string of the molecule is CC(C)=Cc1cc(C(F)(F)F)c2nc(C(=O)NCc3ccccn3)cc(C)c2c1. The maximum atomic E-state index is 13.7. The van der Waals surface area contributed by atoms with Gasteiger partial charge in [-0.25, -0.2) is 4.98 Å². The van der Waals surface area contributed by atoms with E-state index in [1.165, 1.54) is 6.07 Å². The second kappa shape index (κ2) is 8.03. The van der Waals surface area contributed by atoms with Crippen molar-refractivity contribution in [3.63, 3.8) is 0 Å². The second-order valence-electron chi connectivity index (χ2n) is 7.01. The summed E-state index contributed by atoms with van der Waals surface area (Å²) in [6, 6.07) is 9.51. The van der Waals surface area contributed by atoms with Crippen LogP contribution < -0.4 is 5.32 Å². The lowest BCUT2D eigenvalue weighted by Gasteiger charge is -2.14. The van der Waals surface area contributed by atoms with E-state index in [1.54, 1.807) is 43.5 Å². The van der Waals surface area contributed by atoms with Crippen molar-refractivity contribution in [3.05, 3.63) is 76.2 Å². The molecular weight excluding hydrogens is 379 g/mol. The minimum atomic E-state index is -4.59. The lowest BCUT2D eigenvalue weighted by atomic mass is 9.99. The number of nitrogens with one attached hydrogen (secondary N) is 1. The van der Waals surface area contributed by atoms with E-state index in [1.807, 2.05) is 13.8 Å². The Hall–Kier alpha value is -3.22. The molecule has 7 heteroatoms. The number of nitrogens with zero attached hydrogens (tertiary/aromatic N) is 2. The lowest BCUT2D eigenvalue weighted by molar-refractivity contribution is -0.136. The molecule has 3 aromatic rings. The molecule has 0 unspecified atom stereocenters. The van der Waals surface area contributed by atoms with Crippen LogP contribution in [0.4, 0.5) is 13.2 Å². The Morgan fingerprint density at radius 1 is 1.17 bits per heavy atom. The summed E-state index contributed by atoms with van der Waals surface area (Å²) in [6.07, 6.45) is -1.31. The van der Waals surface area contributed by atoms with Gasteiger partial charge in [0.25, 0.3) is 5.91 Å². The average molecular weight is 399 g/mol. The van der Waals surface area contributed by atoms with Gasteiger partial charge in [0.15, 0.2) is 0 Å². The third kappa shape index (κ3) is 4.80. The molecular formula is C22H20F3N3O. The third-order valence-electron chi connectivity index (χ3n) is 4.29. The normalized spacial score (nSPS) is 11.4. The Morgan fingerprint density at radius 3 is 2.55 bits per heavy atom. The molecule has 0 spiro atoms. The highest BCUT2D eigenvalue weighted by molar-refractivity contribution is 5.97. The van der Waals surface area contributed by atoms with Gasteiger partial charge in [-0.05, 0) is 62.2 Å². The van der Waals surface area contributed by atoms with Crippen LogP contribution in [0, 0.1) is 6.92 Å². The number of rotatable bonds is 4. The molecule has 0 atom stereocenters. The standard InChI is InChI=1S/C22H20F3N3O/c1-13(2)8-15-10-17-14(3)9-19(28-20(17)18(11-15)22(23,24)25)21(29)27-12-16-6-4-5-7-26-16/h4-11H,12H2,1-3H3,(H,27,29). The molecule has 0 aliphatic carbocycles. The van der Waals surface area contributed by atoms with E-state index in [0.29, 0.717) is 22.2 Å². The molecule has 150 valence electrons. The molecule has 0 saturated carbocycles. The summed E-state index contributed by atoms with van der Waals surface area (Å²) in [4.78, 5) is 20.7. The van der Waals surface area contributed by atoms with Crippen LogP contribution in [0.25, 0.3) is 17.0 Å². The number of hydrogen-bond acceptors (Lipinski definition) is 3. The minimum Gasteiger partial charge on any atom is -0.345 e. The van der Waals surface area contributed by atoms with E-state index >= 15 is 0 Å². The highest BCUT2D eigenvalue weighted by atomic mass is 19.4. The van der Waals surface area contributed by atoms with Gasteiger partial charge >= 0.3 is 6.18 Å². The number of alkyl halides is 3. The molecule has 1 amide bonds. The summed E-state index contributed by atoms with van der Waals surface area (Å²) in [5, 5.41) is 3.02. The van der Waals surface area contributed by atoms with E-state index in [9.17, 15) is 18.0 Å². The van der Waals surface area contributed by atoms with Crippen LogP contribution in [0.1, 0.15) is 46.7 Å². The first kappa shape index (κ1) is 20.5. The van der Waals surface area contributed by atoms with Crippen molar-refractivity contribution in [1.29, 1.82) is 0 Å². The first-order valence-electron chi connectivity index (χ1n) is 9.01. The lowest BCUT2D eigenvalue weighted by Crippen LogP contribution is -2.24. The summed E-state index contributed by atoms with van der Waals surface area (Å²) in [7, 11) is 0. The average Bonchev–Trinajstić information content (AvgIpc) is 2.65. The van der Waals surface area contributed by atoms with Gasteiger partial charge < -0.3 is 5.32 Å². The van der Waals surface area contributed by atoms with Crippen molar-refractivity contribution in [2.45, 2.75) is 33.5 Å². The number of allylic oxidation sites excluding steroid dienone is 1. The van der Waals surface area contributed by atoms with Crippen molar-refractivity contribution in [2.75, 3.05) is 0 Å². The largest absolute Gasteiger partial charge is 0.418 e. The fourth-order valence-electron chi connectivity index (χ4n) is 3.03. The second-order valence-corrected chi connectivity index (χ2v) is 7.01. The van der Waals surface area contributed by atoms with Gasteiger partial charge in [-0.1, -0.05) is 17.7 Å². The molecule has 0 fully saturated rings. The van der Waals surface area contributed by atoms with Crippen molar-refractivity contribution in [3.8, 4) is 0 Å². The van der Waals surface area contributed by atoms with Crippen LogP contribution in [-0.2, 0) is 12.7 Å². The molecule has 4 nitrogen and oxygen atoms in total. The molecule has 2 heterocycles. The number of hydrogen-bond donors (Lipinski definition) is 1. The summed E-state index contributed by atoms with van der Waals surface area (Å²) >= 11 is 0. The van der Waals surface area contributed by atoms with E-state index in [0.717, 1.165) is 11.6 Å². The Balaban J connectivity index is 2.05. The predicted octanol–water partition coefficient (Wildman–Crippen LogP) is 5.31. The van der Waals surface area contributed by atoms with Crippen LogP contribution in [0.5, 0.6) is 0 Å². The Kier molecular flexibility index (Phi) is 5.68. The quantitative estimate of drug-likeness (QED) is 0.647. The van der Waals surface area contributed by atoms with E-state index in [4.69, 9.17) is 0 Å². The number of carbonyl (C=O) groups excluding carboxylic acids is 1. The molecule has 0 radical (unpaired) electrons. The van der Waals surface area contributed by atoms with Crippen LogP contribution in [0.2, 0.25) is 0 Å². The highest BCUT2D eigenvalue weighted by Crippen LogP contribution is 2.36. The fraction of sp³-hybridized carbons (Fsp3) is 0.227. The molecule has 0 bridgehead atoms. The molecule has 3 rings (SSSR count). The van der Waals surface area contributed by atoms with Crippen LogP contribution >= 0.6 is 0 Å². The predicted molar refractivity (Wildman–Crippen MR) is 106 cm³/mol. The number of aryl methyl sites for hydroxylation is 1. The monoisotopic (exact) mass is 399 g/mol. The number of fused-ring (bicyclic) bond motifs is 1. The van der Waals surface area contributed by atoms with Crippen LogP contribution in [-0.4, -0.2) is 15.9 Å². The van der Waals surface area contributed by atoms with Gasteiger partial charge in [-0.15, -0.1) is 0 Å². The minimum absolute atomic E-state index is 0.0635. The van der Waals surface area contributed by atoms with E-state index in [-0.39, 0.29) is 17.8 Å². The number of benzene rings is 1. The zero-order valence-electron chi connectivity index (χ0n) is 16.3.